The maximum absolute atomic E-state index is 13.1. The number of halogens is 3. The molecular weight excluding hydrogens is 527 g/mol. The molecule has 3 N–H and O–H groups in total. The van der Waals surface area contributed by atoms with Gasteiger partial charge in [0, 0.05) is 36.8 Å². The van der Waals surface area contributed by atoms with Crippen molar-refractivity contribution in [2.24, 2.45) is 5.92 Å². The van der Waals surface area contributed by atoms with E-state index in [2.05, 4.69) is 30.8 Å². The third-order valence-corrected chi connectivity index (χ3v) is 6.69. The summed E-state index contributed by atoms with van der Waals surface area (Å²) in [5.41, 5.74) is 1.69. The van der Waals surface area contributed by atoms with Crippen LogP contribution in [-0.2, 0) is 4.79 Å². The first-order valence-electron chi connectivity index (χ1n) is 13.3. The van der Waals surface area contributed by atoms with Crippen LogP contribution in [0.2, 0.25) is 0 Å². The summed E-state index contributed by atoms with van der Waals surface area (Å²) in [4.78, 5) is 30.3. The number of aryl methyl sites for hydroxylation is 1. The van der Waals surface area contributed by atoms with Gasteiger partial charge in [-0.05, 0) is 48.7 Å². The van der Waals surface area contributed by atoms with Crippen LogP contribution in [-0.4, -0.2) is 47.4 Å². The van der Waals surface area contributed by atoms with Crippen molar-refractivity contribution in [1.29, 1.82) is 0 Å². The zero-order valence-corrected chi connectivity index (χ0v) is 22.1. The second-order valence-corrected chi connectivity index (χ2v) is 9.77. The molecule has 1 heterocycles. The molecule has 0 aliphatic heterocycles. The molecular formula is C28H32F3N5O4. The van der Waals surface area contributed by atoms with E-state index < -0.39 is 12.4 Å². The number of hydrogen-bond donors (Lipinski definition) is 3. The van der Waals surface area contributed by atoms with Gasteiger partial charge in [-0.1, -0.05) is 49.4 Å². The summed E-state index contributed by atoms with van der Waals surface area (Å²) >= 11 is 0. The van der Waals surface area contributed by atoms with E-state index in [0.29, 0.717) is 47.4 Å². The van der Waals surface area contributed by atoms with E-state index in [1.54, 1.807) is 31.2 Å². The Balaban J connectivity index is 1.31. The van der Waals surface area contributed by atoms with Crippen LogP contribution in [0.1, 0.15) is 54.8 Å². The molecule has 1 atom stereocenters. The highest BCUT2D eigenvalue weighted by atomic mass is 19.4. The number of alkyl halides is 3. The number of nitrogens with one attached hydrogen (secondary N) is 3. The second kappa shape index (κ2) is 13.3. The standard InChI is InChI=1S/C28H32F3N5O4/c1-18-34-25(36-40-18)20-7-9-21(10-8-20)26(37)35-24(17-19-5-3-2-4-6-19)27(38)33-16-15-32-22-11-13-23(14-12-22)39-28(29,30)31/h7-14,19,24,32H,2-6,15-17H2,1H3,(H,33,38)(H,35,37). The maximum atomic E-state index is 13.1. The Hall–Kier alpha value is -4.09. The molecule has 4 rings (SSSR count). The number of carbonyl (C=O) groups is 2. The zero-order valence-electron chi connectivity index (χ0n) is 22.1. The number of benzene rings is 2. The van der Waals surface area contributed by atoms with Gasteiger partial charge in [-0.3, -0.25) is 9.59 Å². The van der Waals surface area contributed by atoms with Crippen LogP contribution in [0.25, 0.3) is 11.4 Å². The predicted octanol–water partition coefficient (Wildman–Crippen LogP) is 5.24. The van der Waals surface area contributed by atoms with Gasteiger partial charge in [0.25, 0.3) is 5.91 Å². The van der Waals surface area contributed by atoms with Gasteiger partial charge in [0.1, 0.15) is 11.8 Å². The molecule has 2 aromatic carbocycles. The Bertz CT molecular complexity index is 1260. The van der Waals surface area contributed by atoms with Crippen molar-refractivity contribution in [1.82, 2.24) is 20.8 Å². The lowest BCUT2D eigenvalue weighted by Crippen LogP contribution is -2.48. The number of hydrogen-bond acceptors (Lipinski definition) is 7. The normalized spacial score (nSPS) is 14.8. The minimum atomic E-state index is -4.75. The minimum absolute atomic E-state index is 0.259. The summed E-state index contributed by atoms with van der Waals surface area (Å²) in [7, 11) is 0. The molecule has 1 saturated carbocycles. The molecule has 0 radical (unpaired) electrons. The summed E-state index contributed by atoms with van der Waals surface area (Å²) < 4.78 is 45.8. The highest BCUT2D eigenvalue weighted by Gasteiger charge is 2.31. The van der Waals surface area contributed by atoms with Crippen molar-refractivity contribution in [3.63, 3.8) is 0 Å². The highest BCUT2D eigenvalue weighted by Crippen LogP contribution is 2.28. The molecule has 214 valence electrons. The number of aromatic nitrogens is 2. The van der Waals surface area contributed by atoms with E-state index in [1.165, 1.54) is 30.7 Å². The molecule has 2 amide bonds. The first-order valence-corrected chi connectivity index (χ1v) is 13.3. The second-order valence-electron chi connectivity index (χ2n) is 9.77. The largest absolute Gasteiger partial charge is 0.573 e. The molecule has 9 nitrogen and oxygen atoms in total. The summed E-state index contributed by atoms with van der Waals surface area (Å²) in [6.45, 7) is 2.29. The fourth-order valence-corrected chi connectivity index (χ4v) is 4.71. The number of nitrogens with zero attached hydrogens (tertiary/aromatic N) is 2. The van der Waals surface area contributed by atoms with Crippen LogP contribution in [0.3, 0.4) is 0 Å². The number of ether oxygens (including phenoxy) is 1. The van der Waals surface area contributed by atoms with Crippen molar-refractivity contribution >= 4 is 17.5 Å². The molecule has 1 aromatic heterocycles. The third-order valence-electron chi connectivity index (χ3n) is 6.69. The molecule has 1 aliphatic rings. The van der Waals surface area contributed by atoms with Crippen molar-refractivity contribution in [3.05, 3.63) is 60.0 Å². The molecule has 40 heavy (non-hydrogen) atoms. The number of anilines is 1. The van der Waals surface area contributed by atoms with E-state index in [4.69, 9.17) is 4.52 Å². The van der Waals surface area contributed by atoms with Gasteiger partial charge in [-0.2, -0.15) is 4.98 Å². The Morgan fingerprint density at radius 3 is 2.35 bits per heavy atom. The van der Waals surface area contributed by atoms with Crippen LogP contribution in [0.15, 0.2) is 53.1 Å². The van der Waals surface area contributed by atoms with Crippen molar-refractivity contribution in [2.75, 3.05) is 18.4 Å². The molecule has 12 heteroatoms. The lowest BCUT2D eigenvalue weighted by Gasteiger charge is -2.26. The van der Waals surface area contributed by atoms with E-state index in [0.717, 1.165) is 25.7 Å². The minimum Gasteiger partial charge on any atom is -0.406 e. The Kier molecular flexibility index (Phi) is 9.62. The van der Waals surface area contributed by atoms with Crippen LogP contribution in [0.5, 0.6) is 5.75 Å². The van der Waals surface area contributed by atoms with E-state index in [-0.39, 0.29) is 24.1 Å². The molecule has 0 saturated heterocycles. The average molecular weight is 560 g/mol. The van der Waals surface area contributed by atoms with Gasteiger partial charge < -0.3 is 25.2 Å². The summed E-state index contributed by atoms with van der Waals surface area (Å²) in [5, 5.41) is 12.7. The molecule has 3 aromatic rings. The Morgan fingerprint density at radius 1 is 1.02 bits per heavy atom. The van der Waals surface area contributed by atoms with Crippen LogP contribution in [0, 0.1) is 12.8 Å². The number of rotatable bonds is 11. The van der Waals surface area contributed by atoms with E-state index >= 15 is 0 Å². The third kappa shape index (κ3) is 8.72. The zero-order chi connectivity index (χ0) is 28.5. The lowest BCUT2D eigenvalue weighted by molar-refractivity contribution is -0.274. The molecule has 0 bridgehead atoms. The van der Waals surface area contributed by atoms with E-state index in [1.807, 2.05) is 0 Å². The van der Waals surface area contributed by atoms with Crippen molar-refractivity contribution in [3.8, 4) is 17.1 Å². The van der Waals surface area contributed by atoms with Crippen LogP contribution < -0.4 is 20.7 Å². The summed E-state index contributed by atoms with van der Waals surface area (Å²) in [6.07, 6.45) is 1.25. The van der Waals surface area contributed by atoms with Gasteiger partial charge in [0.15, 0.2) is 0 Å². The van der Waals surface area contributed by atoms with Gasteiger partial charge in [0.2, 0.25) is 17.6 Å². The van der Waals surface area contributed by atoms with E-state index in [9.17, 15) is 22.8 Å². The monoisotopic (exact) mass is 559 g/mol. The topological polar surface area (TPSA) is 118 Å². The first-order chi connectivity index (χ1) is 19.2. The fraction of sp³-hybridized carbons (Fsp3) is 0.429. The number of carbonyl (C=O) groups excluding carboxylic acids is 2. The van der Waals surface area contributed by atoms with Gasteiger partial charge >= 0.3 is 6.36 Å². The van der Waals surface area contributed by atoms with Crippen LogP contribution in [0.4, 0.5) is 18.9 Å². The molecule has 1 fully saturated rings. The highest BCUT2D eigenvalue weighted by molar-refractivity contribution is 5.97. The van der Waals surface area contributed by atoms with Crippen molar-refractivity contribution < 1.29 is 32.0 Å². The van der Waals surface area contributed by atoms with Gasteiger partial charge in [-0.25, -0.2) is 0 Å². The lowest BCUT2D eigenvalue weighted by atomic mass is 9.84. The fourth-order valence-electron chi connectivity index (χ4n) is 4.71. The predicted molar refractivity (Wildman–Crippen MR) is 142 cm³/mol. The van der Waals surface area contributed by atoms with Crippen molar-refractivity contribution in [2.45, 2.75) is 57.9 Å². The average Bonchev–Trinajstić information content (AvgIpc) is 3.37. The number of amides is 2. The summed E-state index contributed by atoms with van der Waals surface area (Å²) in [5.74, 6) is 0.270. The Labute approximate surface area is 229 Å². The first kappa shape index (κ1) is 28.9. The molecule has 1 aliphatic carbocycles. The molecule has 1 unspecified atom stereocenters. The quantitative estimate of drug-likeness (QED) is 0.275. The summed E-state index contributed by atoms with van der Waals surface area (Å²) in [6, 6.07) is 11.4. The van der Waals surface area contributed by atoms with Gasteiger partial charge in [0.05, 0.1) is 0 Å². The molecule has 0 spiro atoms. The smallest absolute Gasteiger partial charge is 0.406 e. The Morgan fingerprint density at radius 2 is 1.73 bits per heavy atom. The van der Waals surface area contributed by atoms with Crippen LogP contribution >= 0.6 is 0 Å². The van der Waals surface area contributed by atoms with Gasteiger partial charge in [-0.15, -0.1) is 13.2 Å². The SMILES string of the molecule is Cc1nc(-c2ccc(C(=O)NC(CC3CCCCC3)C(=O)NCCNc3ccc(OC(F)(F)F)cc3)cc2)no1. The maximum Gasteiger partial charge on any atom is 0.573 e.